The molecule has 0 heterocycles. The maximum Gasteiger partial charge on any atom is 0.0361 e. The van der Waals surface area contributed by atoms with Gasteiger partial charge in [-0.05, 0) is 96.5 Å². The Hall–Kier alpha value is -3.26. The topological polar surface area (TPSA) is 6.48 Å². The fourth-order valence-electron chi connectivity index (χ4n) is 4.00. The van der Waals surface area contributed by atoms with Gasteiger partial charge < -0.3 is 9.80 Å². The van der Waals surface area contributed by atoms with E-state index >= 15 is 0 Å². The molecule has 0 aliphatic rings. The molecule has 0 amide bonds. The molecule has 32 heavy (non-hydrogen) atoms. The SMILES string of the molecule is Cc1c(C)c(C=Cc2ccc(N(C)C)cc2)c(C)c(C)c1C=Cc1ccc(N(C)C)cc1. The van der Waals surface area contributed by atoms with Gasteiger partial charge in [-0.3, -0.25) is 0 Å². The zero-order valence-electron chi connectivity index (χ0n) is 20.8. The van der Waals surface area contributed by atoms with E-state index in [0.29, 0.717) is 0 Å². The molecular formula is C30H36N2. The molecule has 0 spiro atoms. The maximum absolute atomic E-state index is 2.27. The van der Waals surface area contributed by atoms with E-state index in [1.807, 2.05) is 0 Å². The summed E-state index contributed by atoms with van der Waals surface area (Å²) >= 11 is 0. The molecule has 0 aliphatic carbocycles. The van der Waals surface area contributed by atoms with Crippen molar-refractivity contribution in [3.63, 3.8) is 0 Å². The number of benzene rings is 3. The fraction of sp³-hybridized carbons (Fsp3) is 0.267. The van der Waals surface area contributed by atoms with Gasteiger partial charge in [0.25, 0.3) is 0 Å². The predicted octanol–water partition coefficient (Wildman–Crippen LogP) is 7.39. The molecule has 0 N–H and O–H groups in total. The van der Waals surface area contributed by atoms with Crippen molar-refractivity contribution in [1.29, 1.82) is 0 Å². The van der Waals surface area contributed by atoms with Crippen LogP contribution in [0.3, 0.4) is 0 Å². The lowest BCUT2D eigenvalue weighted by Crippen LogP contribution is -2.07. The predicted molar refractivity (Wildman–Crippen MR) is 145 cm³/mol. The quantitative estimate of drug-likeness (QED) is 0.381. The normalized spacial score (nSPS) is 11.5. The van der Waals surface area contributed by atoms with Gasteiger partial charge in [0.05, 0.1) is 0 Å². The molecule has 0 atom stereocenters. The van der Waals surface area contributed by atoms with Gasteiger partial charge in [0.15, 0.2) is 0 Å². The molecule has 0 saturated carbocycles. The zero-order chi connectivity index (χ0) is 23.4. The van der Waals surface area contributed by atoms with Crippen LogP contribution in [0.15, 0.2) is 48.5 Å². The summed E-state index contributed by atoms with van der Waals surface area (Å²) in [6.07, 6.45) is 8.97. The third-order valence-corrected chi connectivity index (χ3v) is 6.44. The smallest absolute Gasteiger partial charge is 0.0361 e. The molecule has 2 heteroatoms. The van der Waals surface area contributed by atoms with E-state index in [1.54, 1.807) is 0 Å². The van der Waals surface area contributed by atoms with Gasteiger partial charge in [-0.2, -0.15) is 0 Å². The molecule has 3 aromatic rings. The number of hydrogen-bond donors (Lipinski definition) is 0. The van der Waals surface area contributed by atoms with Gasteiger partial charge in [-0.15, -0.1) is 0 Å². The Morgan fingerprint density at radius 2 is 0.719 bits per heavy atom. The largest absolute Gasteiger partial charge is 0.378 e. The summed E-state index contributed by atoms with van der Waals surface area (Å²) in [6, 6.07) is 17.3. The second-order valence-electron chi connectivity index (χ2n) is 8.97. The van der Waals surface area contributed by atoms with Crippen LogP contribution in [0, 0.1) is 27.7 Å². The highest BCUT2D eigenvalue weighted by molar-refractivity contribution is 5.80. The first-order valence-corrected chi connectivity index (χ1v) is 11.2. The first-order valence-electron chi connectivity index (χ1n) is 11.2. The summed E-state index contributed by atoms with van der Waals surface area (Å²) in [7, 11) is 8.27. The van der Waals surface area contributed by atoms with Crippen molar-refractivity contribution in [2.75, 3.05) is 38.0 Å². The summed E-state index contributed by atoms with van der Waals surface area (Å²) in [5.41, 5.74) is 12.9. The fourth-order valence-corrected chi connectivity index (χ4v) is 4.00. The maximum atomic E-state index is 2.27. The molecule has 166 valence electrons. The lowest BCUT2D eigenvalue weighted by molar-refractivity contribution is 1.13. The summed E-state index contributed by atoms with van der Waals surface area (Å²) in [6.45, 7) is 8.94. The minimum Gasteiger partial charge on any atom is -0.378 e. The van der Waals surface area contributed by atoms with Crippen molar-refractivity contribution >= 4 is 35.7 Å². The van der Waals surface area contributed by atoms with Crippen molar-refractivity contribution in [3.05, 3.63) is 93.0 Å². The van der Waals surface area contributed by atoms with E-state index in [9.17, 15) is 0 Å². The first kappa shape index (κ1) is 23.4. The minimum absolute atomic E-state index is 1.22. The third kappa shape index (κ3) is 5.13. The monoisotopic (exact) mass is 424 g/mol. The van der Waals surface area contributed by atoms with Crippen LogP contribution in [0.5, 0.6) is 0 Å². The molecular weight excluding hydrogens is 388 g/mol. The lowest BCUT2D eigenvalue weighted by Gasteiger charge is -2.17. The summed E-state index contributed by atoms with van der Waals surface area (Å²) in [5.74, 6) is 0. The van der Waals surface area contributed by atoms with Crippen LogP contribution in [0.25, 0.3) is 24.3 Å². The van der Waals surface area contributed by atoms with Crippen LogP contribution in [0.1, 0.15) is 44.5 Å². The molecule has 0 unspecified atom stereocenters. The van der Waals surface area contributed by atoms with E-state index < -0.39 is 0 Å². The van der Waals surface area contributed by atoms with Gasteiger partial charge in [-0.1, -0.05) is 48.6 Å². The van der Waals surface area contributed by atoms with E-state index in [2.05, 4.69) is 139 Å². The highest BCUT2D eigenvalue weighted by Crippen LogP contribution is 2.30. The average Bonchev–Trinajstić information content (AvgIpc) is 2.78. The highest BCUT2D eigenvalue weighted by Gasteiger charge is 2.11. The molecule has 0 fully saturated rings. The van der Waals surface area contributed by atoms with E-state index in [-0.39, 0.29) is 0 Å². The van der Waals surface area contributed by atoms with Crippen LogP contribution in [0.2, 0.25) is 0 Å². The van der Waals surface area contributed by atoms with Gasteiger partial charge in [0.2, 0.25) is 0 Å². The van der Waals surface area contributed by atoms with Crippen LogP contribution in [-0.4, -0.2) is 28.2 Å². The number of rotatable bonds is 6. The number of nitrogens with zero attached hydrogens (tertiary/aromatic N) is 2. The number of hydrogen-bond acceptors (Lipinski definition) is 2. The Morgan fingerprint density at radius 3 is 0.969 bits per heavy atom. The summed E-state index contributed by atoms with van der Waals surface area (Å²) in [5, 5.41) is 0. The van der Waals surface area contributed by atoms with E-state index in [4.69, 9.17) is 0 Å². The molecule has 0 aromatic heterocycles. The van der Waals surface area contributed by atoms with Gasteiger partial charge in [0, 0.05) is 39.6 Å². The molecule has 3 rings (SSSR count). The van der Waals surface area contributed by atoms with Crippen molar-refractivity contribution in [1.82, 2.24) is 0 Å². The standard InChI is InChI=1S/C30H36N2/c1-21-22(2)30(20-14-26-11-17-28(18-12-26)32(7)8)24(4)23(3)29(21)19-13-25-9-15-27(16-10-25)31(5)6/h9-20H,1-8H3. The second kappa shape index (κ2) is 9.91. The first-order chi connectivity index (χ1) is 15.2. The van der Waals surface area contributed by atoms with Crippen LogP contribution < -0.4 is 9.80 Å². The van der Waals surface area contributed by atoms with Crippen LogP contribution in [0.4, 0.5) is 11.4 Å². The van der Waals surface area contributed by atoms with E-state index in [0.717, 1.165) is 0 Å². The second-order valence-corrected chi connectivity index (χ2v) is 8.97. The Bertz CT molecular complexity index is 1010. The van der Waals surface area contributed by atoms with Crippen molar-refractivity contribution in [2.24, 2.45) is 0 Å². The van der Waals surface area contributed by atoms with Gasteiger partial charge in [0.1, 0.15) is 0 Å². The Kier molecular flexibility index (Phi) is 7.25. The van der Waals surface area contributed by atoms with Crippen molar-refractivity contribution < 1.29 is 0 Å². The van der Waals surface area contributed by atoms with Crippen molar-refractivity contribution in [3.8, 4) is 0 Å². The molecule has 0 radical (unpaired) electrons. The zero-order valence-corrected chi connectivity index (χ0v) is 20.8. The summed E-state index contributed by atoms with van der Waals surface area (Å²) in [4.78, 5) is 4.24. The Balaban J connectivity index is 1.90. The Morgan fingerprint density at radius 1 is 0.438 bits per heavy atom. The van der Waals surface area contributed by atoms with Crippen LogP contribution in [-0.2, 0) is 0 Å². The van der Waals surface area contributed by atoms with Gasteiger partial charge in [-0.25, -0.2) is 0 Å². The number of anilines is 2. The third-order valence-electron chi connectivity index (χ3n) is 6.44. The van der Waals surface area contributed by atoms with Crippen molar-refractivity contribution in [2.45, 2.75) is 27.7 Å². The average molecular weight is 425 g/mol. The molecule has 0 saturated heterocycles. The lowest BCUT2D eigenvalue weighted by atomic mass is 9.88. The molecule has 0 aliphatic heterocycles. The molecule has 0 bridgehead atoms. The van der Waals surface area contributed by atoms with E-state index in [1.165, 1.54) is 55.9 Å². The summed E-state index contributed by atoms with van der Waals surface area (Å²) < 4.78 is 0. The minimum atomic E-state index is 1.22. The molecule has 3 aromatic carbocycles. The highest BCUT2D eigenvalue weighted by atomic mass is 15.1. The Labute approximate surface area is 194 Å². The van der Waals surface area contributed by atoms with Crippen LogP contribution >= 0.6 is 0 Å². The molecule has 2 nitrogen and oxygen atoms in total. The van der Waals surface area contributed by atoms with Gasteiger partial charge >= 0.3 is 0 Å².